The van der Waals surface area contributed by atoms with Crippen molar-refractivity contribution in [1.29, 1.82) is 0 Å². The van der Waals surface area contributed by atoms with Crippen LogP contribution in [0, 0.1) is 0 Å². The molecule has 5 N–H and O–H groups in total. The summed E-state index contributed by atoms with van der Waals surface area (Å²) in [5.74, 6) is 0. The van der Waals surface area contributed by atoms with Crippen LogP contribution in [0.25, 0.3) is 0 Å². The van der Waals surface area contributed by atoms with Gasteiger partial charge in [-0.25, -0.2) is 13.9 Å². The second-order valence-corrected chi connectivity index (χ2v) is 7.43. The molecule has 1 aromatic heterocycles. The molecular formula is C9H14N2O12P2. The van der Waals surface area contributed by atoms with Gasteiger partial charge in [0.05, 0.1) is 0 Å². The van der Waals surface area contributed by atoms with Gasteiger partial charge in [-0.3, -0.25) is 27.9 Å². The average molecular weight is 404 g/mol. The Hall–Kier alpha value is -1.18. The van der Waals surface area contributed by atoms with Crippen LogP contribution >= 0.6 is 15.6 Å². The standard InChI is InChI=1S/C9H14N2O12P2/c1-20-25(18,19)23-8-5(13)6(22-24(15,16)17)7(21-8)11-3-2-4(12)10-9(11)14/h2-3,5-8,13H,1H3,(H,18,19)(H,10,12,14)(H2,15,16,17)/t5-,6-,7-,8-/m1/s1. The van der Waals surface area contributed by atoms with E-state index in [0.29, 0.717) is 4.57 Å². The van der Waals surface area contributed by atoms with Gasteiger partial charge >= 0.3 is 21.3 Å². The molecule has 14 nitrogen and oxygen atoms in total. The fourth-order valence-corrected chi connectivity index (χ4v) is 3.07. The number of hydrogen-bond acceptors (Lipinski definition) is 9. The first-order chi connectivity index (χ1) is 11.4. The fraction of sp³-hybridized carbons (Fsp3) is 0.556. The highest BCUT2D eigenvalue weighted by atomic mass is 31.2. The molecule has 1 fully saturated rings. The SMILES string of the molecule is COP(=O)(O)O[C@H]1O[C@@H](n2ccc(=O)[nH]c2=O)[C@H](OP(=O)(O)O)[C@H]1O. The second kappa shape index (κ2) is 7.21. The summed E-state index contributed by atoms with van der Waals surface area (Å²) in [4.78, 5) is 51.9. The van der Waals surface area contributed by atoms with Crippen molar-refractivity contribution < 1.29 is 47.2 Å². The van der Waals surface area contributed by atoms with Crippen molar-refractivity contribution in [3.05, 3.63) is 33.1 Å². The van der Waals surface area contributed by atoms with Crippen LogP contribution in [0.1, 0.15) is 6.23 Å². The van der Waals surface area contributed by atoms with Gasteiger partial charge in [-0.05, 0) is 0 Å². The molecule has 0 radical (unpaired) electrons. The van der Waals surface area contributed by atoms with E-state index in [9.17, 15) is 28.7 Å². The Bertz CT molecular complexity index is 828. The Kier molecular flexibility index (Phi) is 5.81. The zero-order valence-electron chi connectivity index (χ0n) is 12.4. The van der Waals surface area contributed by atoms with Crippen LogP contribution in [0.4, 0.5) is 0 Å². The Morgan fingerprint density at radius 1 is 1.24 bits per heavy atom. The molecule has 1 aromatic rings. The third-order valence-corrected chi connectivity index (χ3v) is 4.48. The van der Waals surface area contributed by atoms with E-state index < -0.39 is 51.6 Å². The number of ether oxygens (including phenoxy) is 1. The molecule has 2 rings (SSSR count). The third kappa shape index (κ3) is 4.92. The van der Waals surface area contributed by atoms with Gasteiger partial charge in [-0.1, -0.05) is 0 Å². The number of aliphatic hydroxyl groups is 1. The quantitative estimate of drug-likeness (QED) is 0.326. The van der Waals surface area contributed by atoms with Crippen LogP contribution in [0.2, 0.25) is 0 Å². The number of aliphatic hydroxyl groups excluding tert-OH is 1. The Balaban J connectivity index is 2.40. The Labute approximate surface area is 138 Å². The van der Waals surface area contributed by atoms with Gasteiger partial charge in [0.15, 0.2) is 12.5 Å². The number of phosphoric acid groups is 2. The van der Waals surface area contributed by atoms with E-state index in [4.69, 9.17) is 14.5 Å². The second-order valence-electron chi connectivity index (χ2n) is 4.72. The zero-order valence-corrected chi connectivity index (χ0v) is 14.1. The van der Waals surface area contributed by atoms with Crippen LogP contribution in [0.15, 0.2) is 21.9 Å². The van der Waals surface area contributed by atoms with Gasteiger partial charge in [-0.2, -0.15) is 0 Å². The van der Waals surface area contributed by atoms with Crippen LogP contribution in [-0.4, -0.2) is 54.9 Å². The molecule has 1 aliphatic heterocycles. The summed E-state index contributed by atoms with van der Waals surface area (Å²) in [5, 5.41) is 10.1. The monoisotopic (exact) mass is 404 g/mol. The first-order valence-corrected chi connectivity index (χ1v) is 9.42. The number of nitrogens with zero attached hydrogens (tertiary/aromatic N) is 1. The van der Waals surface area contributed by atoms with Crippen molar-refractivity contribution in [2.24, 2.45) is 0 Å². The molecule has 25 heavy (non-hydrogen) atoms. The van der Waals surface area contributed by atoms with E-state index in [0.717, 1.165) is 19.4 Å². The summed E-state index contributed by atoms with van der Waals surface area (Å²) < 4.78 is 41.3. The Morgan fingerprint density at radius 2 is 1.88 bits per heavy atom. The fourth-order valence-electron chi connectivity index (χ4n) is 2.00. The number of aromatic nitrogens is 2. The molecule has 1 saturated heterocycles. The van der Waals surface area contributed by atoms with Crippen LogP contribution in [0.3, 0.4) is 0 Å². The molecule has 1 unspecified atom stereocenters. The predicted octanol–water partition coefficient (Wildman–Crippen LogP) is -2.01. The topological polar surface area (TPSA) is 207 Å². The maximum absolute atomic E-state index is 11.8. The van der Waals surface area contributed by atoms with Crippen molar-refractivity contribution in [3.63, 3.8) is 0 Å². The summed E-state index contributed by atoms with van der Waals surface area (Å²) in [6, 6.07) is 0.895. The van der Waals surface area contributed by atoms with E-state index in [2.05, 4.69) is 13.6 Å². The van der Waals surface area contributed by atoms with Crippen molar-refractivity contribution >= 4 is 15.6 Å². The minimum Gasteiger partial charge on any atom is -0.385 e. The number of hydrogen-bond donors (Lipinski definition) is 5. The van der Waals surface area contributed by atoms with Gasteiger partial charge < -0.3 is 24.5 Å². The normalized spacial score (nSPS) is 29.5. The molecule has 1 aliphatic rings. The van der Waals surface area contributed by atoms with Gasteiger partial charge in [0.2, 0.25) is 0 Å². The van der Waals surface area contributed by atoms with E-state index in [1.54, 1.807) is 0 Å². The molecule has 142 valence electrons. The zero-order chi connectivity index (χ0) is 19.0. The summed E-state index contributed by atoms with van der Waals surface area (Å²) in [5.41, 5.74) is -1.82. The molecule has 0 amide bonds. The van der Waals surface area contributed by atoms with Crippen LogP contribution in [0.5, 0.6) is 0 Å². The van der Waals surface area contributed by atoms with Crippen molar-refractivity contribution in [1.82, 2.24) is 9.55 Å². The van der Waals surface area contributed by atoms with Gasteiger partial charge in [0, 0.05) is 19.4 Å². The molecule has 0 aliphatic carbocycles. The van der Waals surface area contributed by atoms with Crippen LogP contribution in [-0.2, 0) is 27.4 Å². The van der Waals surface area contributed by atoms with Crippen molar-refractivity contribution in [2.45, 2.75) is 24.7 Å². The average Bonchev–Trinajstić information content (AvgIpc) is 2.74. The Morgan fingerprint density at radius 3 is 2.40 bits per heavy atom. The van der Waals surface area contributed by atoms with E-state index >= 15 is 0 Å². The number of phosphoric ester groups is 2. The smallest absolute Gasteiger partial charge is 0.385 e. The van der Waals surface area contributed by atoms with Crippen LogP contribution < -0.4 is 11.2 Å². The number of aromatic amines is 1. The van der Waals surface area contributed by atoms with E-state index in [-0.39, 0.29) is 0 Å². The van der Waals surface area contributed by atoms with Gasteiger partial charge in [0.25, 0.3) is 5.56 Å². The molecular weight excluding hydrogens is 390 g/mol. The third-order valence-electron chi connectivity index (χ3n) is 3.02. The molecule has 0 saturated carbocycles. The van der Waals surface area contributed by atoms with Gasteiger partial charge in [-0.15, -0.1) is 0 Å². The minimum atomic E-state index is -5.16. The minimum absolute atomic E-state index is 0.642. The first kappa shape index (κ1) is 20.1. The highest BCUT2D eigenvalue weighted by Crippen LogP contribution is 2.49. The van der Waals surface area contributed by atoms with Crippen molar-refractivity contribution in [3.8, 4) is 0 Å². The summed E-state index contributed by atoms with van der Waals surface area (Å²) in [6.45, 7) is 0. The molecule has 2 heterocycles. The van der Waals surface area contributed by atoms with Crippen molar-refractivity contribution in [2.75, 3.05) is 7.11 Å². The maximum Gasteiger partial charge on any atom is 0.474 e. The molecule has 16 heteroatoms. The highest BCUT2D eigenvalue weighted by molar-refractivity contribution is 7.47. The first-order valence-electron chi connectivity index (χ1n) is 6.39. The molecule has 5 atom stereocenters. The maximum atomic E-state index is 11.8. The van der Waals surface area contributed by atoms with E-state index in [1.807, 2.05) is 4.98 Å². The summed E-state index contributed by atoms with van der Waals surface area (Å²) >= 11 is 0. The lowest BCUT2D eigenvalue weighted by molar-refractivity contribution is -0.136. The molecule has 0 spiro atoms. The predicted molar refractivity (Wildman–Crippen MR) is 76.1 cm³/mol. The molecule has 0 bridgehead atoms. The number of rotatable bonds is 6. The molecule has 0 aromatic carbocycles. The van der Waals surface area contributed by atoms with E-state index in [1.165, 1.54) is 0 Å². The summed E-state index contributed by atoms with van der Waals surface area (Å²) in [6.07, 6.45) is -6.60. The van der Waals surface area contributed by atoms with Gasteiger partial charge in [0.1, 0.15) is 12.2 Å². The summed E-state index contributed by atoms with van der Waals surface area (Å²) in [7, 11) is -8.99. The largest absolute Gasteiger partial charge is 0.474 e. The lowest BCUT2D eigenvalue weighted by Gasteiger charge is -2.21. The number of nitrogens with one attached hydrogen (secondary N) is 1. The lowest BCUT2D eigenvalue weighted by atomic mass is 10.2. The highest BCUT2D eigenvalue weighted by Gasteiger charge is 2.51. The number of H-pyrrole nitrogens is 1. The lowest BCUT2D eigenvalue weighted by Crippen LogP contribution is -2.38.